The number of aromatic nitrogens is 2. The Morgan fingerprint density at radius 2 is 0.506 bits per heavy atom. The topological polar surface area (TPSA) is 29.5 Å². The van der Waals surface area contributed by atoms with E-state index in [-0.39, 0.29) is 0 Å². The van der Waals surface area contributed by atoms with Crippen LogP contribution >= 0.6 is 0 Å². The molecule has 14 aromatic carbocycles. The third kappa shape index (κ3) is 7.86. The minimum Gasteiger partial charge on any atom is -0.455 e. The fourth-order valence-electron chi connectivity index (χ4n) is 13.4. The van der Waals surface area contributed by atoms with Crippen molar-refractivity contribution < 1.29 is 4.42 Å². The normalized spacial score (nSPS) is 11.8. The van der Waals surface area contributed by atoms with Crippen molar-refractivity contribution in [3.8, 4) is 33.6 Å². The van der Waals surface area contributed by atoms with E-state index >= 15 is 0 Å². The highest BCUT2D eigenvalue weighted by Crippen LogP contribution is 2.49. The van der Waals surface area contributed by atoms with Gasteiger partial charge in [0.05, 0.1) is 22.1 Å². The van der Waals surface area contributed by atoms with Crippen molar-refractivity contribution in [1.82, 2.24) is 9.13 Å². The summed E-state index contributed by atoms with van der Waals surface area (Å²) in [7, 11) is 0. The summed E-state index contributed by atoms with van der Waals surface area (Å²) in [5.41, 5.74) is 19.6. The lowest BCUT2D eigenvalue weighted by Crippen LogP contribution is -2.09. The zero-order chi connectivity index (χ0) is 56.0. The van der Waals surface area contributed by atoms with Gasteiger partial charge in [-0.25, -0.2) is 0 Å². The predicted molar refractivity (Wildman–Crippen MR) is 358 cm³/mol. The first-order valence-corrected chi connectivity index (χ1v) is 29.1. The van der Waals surface area contributed by atoms with Crippen LogP contribution in [-0.4, -0.2) is 9.13 Å². The molecule has 0 saturated carbocycles. The van der Waals surface area contributed by atoms with E-state index in [0.717, 1.165) is 133 Å². The van der Waals surface area contributed by atoms with E-state index in [4.69, 9.17) is 4.42 Å². The van der Waals surface area contributed by atoms with Crippen LogP contribution in [-0.2, 0) is 0 Å². The Balaban J connectivity index is 0.958. The second kappa shape index (κ2) is 19.7. The summed E-state index contributed by atoms with van der Waals surface area (Å²) in [6.07, 6.45) is 0. The molecule has 3 heterocycles. The minimum atomic E-state index is 0.866. The molecule has 3 aromatic heterocycles. The molecule has 17 rings (SSSR count). The van der Waals surface area contributed by atoms with Gasteiger partial charge in [-0.1, -0.05) is 170 Å². The molecule has 0 atom stereocenters. The molecular weight excluding hydrogens is 1030 g/mol. The number of hydrogen-bond acceptors (Lipinski definition) is 3. The highest BCUT2D eigenvalue weighted by molar-refractivity contribution is 6.29. The van der Waals surface area contributed by atoms with Gasteiger partial charge < -0.3 is 23.4 Å². The Labute approximate surface area is 490 Å². The largest absolute Gasteiger partial charge is 0.455 e. The highest BCUT2D eigenvalue weighted by Gasteiger charge is 2.25. The summed E-state index contributed by atoms with van der Waals surface area (Å²) in [5.74, 6) is 0. The van der Waals surface area contributed by atoms with Crippen molar-refractivity contribution in [1.29, 1.82) is 0 Å². The van der Waals surface area contributed by atoms with E-state index in [1.165, 1.54) is 21.5 Å². The molecule has 85 heavy (non-hydrogen) atoms. The number of anilines is 6. The summed E-state index contributed by atoms with van der Waals surface area (Å²) >= 11 is 0. The summed E-state index contributed by atoms with van der Waals surface area (Å²) in [5, 5.41) is 11.2. The molecule has 17 aromatic rings. The van der Waals surface area contributed by atoms with Gasteiger partial charge in [-0.05, 0) is 179 Å². The first-order valence-electron chi connectivity index (χ1n) is 29.1. The van der Waals surface area contributed by atoms with E-state index < -0.39 is 0 Å². The van der Waals surface area contributed by atoms with Gasteiger partial charge in [-0.3, -0.25) is 0 Å². The molecule has 0 aliphatic heterocycles. The Morgan fingerprint density at radius 1 is 0.212 bits per heavy atom. The summed E-state index contributed by atoms with van der Waals surface area (Å²) < 4.78 is 12.5. The number of rotatable bonds is 10. The first-order chi connectivity index (χ1) is 42.2. The van der Waals surface area contributed by atoms with Crippen LogP contribution in [0.2, 0.25) is 0 Å². The van der Waals surface area contributed by atoms with Crippen LogP contribution in [0.4, 0.5) is 34.1 Å². The molecule has 5 heteroatoms. The van der Waals surface area contributed by atoms with Crippen molar-refractivity contribution >= 4 is 121 Å². The third-order valence-corrected chi connectivity index (χ3v) is 17.2. The van der Waals surface area contributed by atoms with Gasteiger partial charge >= 0.3 is 0 Å². The van der Waals surface area contributed by atoms with E-state index in [1.54, 1.807) is 0 Å². The van der Waals surface area contributed by atoms with Crippen LogP contribution in [0.1, 0.15) is 0 Å². The fourth-order valence-corrected chi connectivity index (χ4v) is 13.4. The number of fused-ring (bicyclic) bond motifs is 13. The maximum Gasteiger partial charge on any atom is 0.143 e. The second-order valence-electron chi connectivity index (χ2n) is 22.0. The summed E-state index contributed by atoms with van der Waals surface area (Å²) in [6, 6.07) is 114. The zero-order valence-electron chi connectivity index (χ0n) is 46.2. The van der Waals surface area contributed by atoms with Gasteiger partial charge in [0.15, 0.2) is 0 Å². The molecular formula is C80H52N4O. The maximum absolute atomic E-state index is 7.64. The van der Waals surface area contributed by atoms with Crippen LogP contribution in [0.3, 0.4) is 0 Å². The molecule has 0 radical (unpaired) electrons. The molecule has 0 unspecified atom stereocenters. The van der Waals surface area contributed by atoms with Gasteiger partial charge in [0.1, 0.15) is 11.2 Å². The van der Waals surface area contributed by atoms with Gasteiger partial charge in [0, 0.05) is 88.6 Å². The molecule has 0 amide bonds. The van der Waals surface area contributed by atoms with Crippen molar-refractivity contribution in [2.75, 3.05) is 9.80 Å². The van der Waals surface area contributed by atoms with E-state index in [1.807, 2.05) is 0 Å². The Bertz CT molecular complexity index is 4950. The summed E-state index contributed by atoms with van der Waals surface area (Å²) in [6.45, 7) is 0. The average Bonchev–Trinajstić information content (AvgIpc) is 4.43. The fraction of sp³-hybridized carbons (Fsp3) is 0. The van der Waals surface area contributed by atoms with Gasteiger partial charge in [-0.15, -0.1) is 0 Å². The van der Waals surface area contributed by atoms with E-state index in [9.17, 15) is 0 Å². The monoisotopic (exact) mass is 1080 g/mol. The molecule has 398 valence electrons. The lowest BCUT2D eigenvalue weighted by atomic mass is 9.91. The van der Waals surface area contributed by atoms with E-state index in [2.05, 4.69) is 334 Å². The van der Waals surface area contributed by atoms with Gasteiger partial charge in [0.25, 0.3) is 0 Å². The average molecular weight is 1090 g/mol. The number of para-hydroxylation sites is 8. The second-order valence-corrected chi connectivity index (χ2v) is 22.0. The molecule has 0 aliphatic carbocycles. The molecule has 5 nitrogen and oxygen atoms in total. The number of hydrogen-bond donors (Lipinski definition) is 0. The van der Waals surface area contributed by atoms with Crippen molar-refractivity contribution in [2.24, 2.45) is 0 Å². The molecule has 0 fully saturated rings. The Hall–Kier alpha value is -11.4. The minimum absolute atomic E-state index is 0.866. The lowest BCUT2D eigenvalue weighted by Gasteiger charge is -2.25. The first kappa shape index (κ1) is 48.3. The van der Waals surface area contributed by atoms with Crippen molar-refractivity contribution in [3.63, 3.8) is 0 Å². The van der Waals surface area contributed by atoms with Gasteiger partial charge in [-0.2, -0.15) is 0 Å². The van der Waals surface area contributed by atoms with Crippen molar-refractivity contribution in [3.05, 3.63) is 315 Å². The molecule has 0 bridgehead atoms. The molecule has 0 spiro atoms. The zero-order valence-corrected chi connectivity index (χ0v) is 46.2. The van der Waals surface area contributed by atoms with Gasteiger partial charge in [0.2, 0.25) is 0 Å². The number of furan rings is 1. The third-order valence-electron chi connectivity index (χ3n) is 17.2. The molecule has 0 aliphatic rings. The quantitative estimate of drug-likeness (QED) is 0.137. The Morgan fingerprint density at radius 3 is 0.859 bits per heavy atom. The standard InChI is InChI=1S/C80H52N4O/c1-7-23-55(24-8-1)81(56-25-9-2-10-26-56)61-43-39-53(40-44-61)65-47-73-74-48-66(54-41-45-62(46-42-54)82(57-27-11-3-12-28-57)58-29-13-4-14-30-58)68-52-78-70(64-36-20-22-38-76(64)84(78)60-33-17-6-18-34-60)50-72(68)80(74)85-79(73)71-49-69-63-35-19-21-37-75(63)83(77(69)51-67(65)71)59-31-15-5-16-32-59/h1-52H. The smallest absolute Gasteiger partial charge is 0.143 e. The Kier molecular flexibility index (Phi) is 11.2. The summed E-state index contributed by atoms with van der Waals surface area (Å²) in [4.78, 5) is 4.65. The van der Waals surface area contributed by atoms with Crippen LogP contribution in [0, 0.1) is 0 Å². The predicted octanol–water partition coefficient (Wildman–Crippen LogP) is 22.4. The van der Waals surface area contributed by atoms with Crippen LogP contribution in [0.15, 0.2) is 320 Å². The lowest BCUT2D eigenvalue weighted by molar-refractivity contribution is 0.676. The maximum atomic E-state index is 7.64. The van der Waals surface area contributed by atoms with Crippen molar-refractivity contribution in [2.45, 2.75) is 0 Å². The van der Waals surface area contributed by atoms with Crippen LogP contribution in [0.25, 0.3) is 121 Å². The van der Waals surface area contributed by atoms with Crippen LogP contribution < -0.4 is 9.80 Å². The van der Waals surface area contributed by atoms with E-state index in [0.29, 0.717) is 0 Å². The highest BCUT2D eigenvalue weighted by atomic mass is 16.3. The molecule has 0 N–H and O–H groups in total. The molecule has 0 saturated heterocycles. The number of benzene rings is 14. The number of nitrogens with zero attached hydrogens (tertiary/aromatic N) is 4. The van der Waals surface area contributed by atoms with Crippen LogP contribution in [0.5, 0.6) is 0 Å². The SMILES string of the molecule is c1ccc(N(c2ccccc2)c2ccc(-c3cc4c5cc(-c6ccc(N(c7ccccc7)c7ccccc7)cc6)c6cc7c(cc6c5oc4c4cc5c6ccccc6n(-c6ccccc6)c5cc34)c3ccccc3n7-c3ccccc3)cc2)cc1.